The minimum atomic E-state index is -0.233. The number of aromatic nitrogens is 2. The van der Waals surface area contributed by atoms with E-state index in [2.05, 4.69) is 56.9 Å². The van der Waals surface area contributed by atoms with Crippen LogP contribution in [0.2, 0.25) is 0 Å². The van der Waals surface area contributed by atoms with Crippen LogP contribution in [0.15, 0.2) is 82.4 Å². The van der Waals surface area contributed by atoms with Gasteiger partial charge in [0.25, 0.3) is 22.9 Å². The first-order valence-electron chi connectivity index (χ1n) is 20.7. The molecule has 12 nitrogen and oxygen atoms in total. The van der Waals surface area contributed by atoms with E-state index in [1.807, 2.05) is 54.8 Å². The number of aryl methyl sites for hydroxylation is 3. The van der Waals surface area contributed by atoms with Gasteiger partial charge < -0.3 is 40.6 Å². The number of hydrogen-bond donors (Lipinski definition) is 4. The van der Waals surface area contributed by atoms with Gasteiger partial charge in [-0.3, -0.25) is 19.2 Å². The molecule has 0 radical (unpaired) electrons. The normalized spacial score (nSPS) is 15.6. The number of likely N-dealkylation sites (tertiary alicyclic amines) is 2. The molecule has 4 heterocycles. The van der Waals surface area contributed by atoms with Crippen LogP contribution >= 0.6 is 0 Å². The predicted octanol–water partition coefficient (Wildman–Crippen LogP) is 4.32. The van der Waals surface area contributed by atoms with Gasteiger partial charge in [0.2, 0.25) is 0 Å². The summed E-state index contributed by atoms with van der Waals surface area (Å²) in [6, 6.07) is 24.2. The van der Waals surface area contributed by atoms with Crippen molar-refractivity contribution in [2.45, 2.75) is 78.2 Å². The number of amides is 2. The minimum Gasteiger partial charge on any atom is -0.355 e. The lowest BCUT2D eigenvalue weighted by atomic mass is 10.0. The maximum Gasteiger partial charge on any atom is 0.251 e. The number of nitrogens with one attached hydrogen (secondary N) is 3. The molecule has 0 saturated carbocycles. The van der Waals surface area contributed by atoms with Crippen LogP contribution in [0.4, 0.5) is 0 Å². The first-order chi connectivity index (χ1) is 27.9. The Bertz CT molecular complexity index is 2350. The van der Waals surface area contributed by atoms with Crippen molar-refractivity contribution in [2.24, 2.45) is 5.73 Å². The van der Waals surface area contributed by atoms with Crippen LogP contribution in [0, 0.1) is 20.8 Å². The van der Waals surface area contributed by atoms with Gasteiger partial charge in [0.15, 0.2) is 0 Å². The Morgan fingerprint density at radius 3 is 1.55 bits per heavy atom. The maximum absolute atomic E-state index is 12.9. The standard InChI is InChI=1S/C27H34N4O2.C19H26N4O2/c1-19-5-4-6-21(15-19)18-29-22-9-11-30(12-10-22)13-14-31-25-16-20(2)7-8-23(25)24(17-26(31)32)27(33)28-3;1-13-3-4-15-16(19(25)21-2)12-18(24)23(17(15)11-13)10-9-22-7-5-14(20)6-8-22/h4-8,15-17,22,29H,9-14,18H2,1-3H3,(H,28,33);3-4,11-12,14H,5-10,20H2,1-2H3,(H,21,25). The van der Waals surface area contributed by atoms with Crippen LogP contribution in [0.25, 0.3) is 21.8 Å². The lowest BCUT2D eigenvalue weighted by molar-refractivity contribution is 0.0956. The van der Waals surface area contributed by atoms with E-state index in [9.17, 15) is 19.2 Å². The fraction of sp³-hybridized carbons (Fsp3) is 0.435. The van der Waals surface area contributed by atoms with E-state index in [0.29, 0.717) is 36.3 Å². The van der Waals surface area contributed by atoms with Gasteiger partial charge in [-0.1, -0.05) is 54.1 Å². The number of carbonyl (C=O) groups is 2. The first-order valence-corrected chi connectivity index (χ1v) is 20.7. The number of pyridine rings is 2. The van der Waals surface area contributed by atoms with Crippen molar-refractivity contribution in [3.05, 3.63) is 127 Å². The van der Waals surface area contributed by atoms with Crippen LogP contribution in [0.5, 0.6) is 0 Å². The van der Waals surface area contributed by atoms with E-state index in [0.717, 1.165) is 104 Å². The van der Waals surface area contributed by atoms with Gasteiger partial charge in [0.05, 0.1) is 22.2 Å². The number of piperidine rings is 2. The van der Waals surface area contributed by atoms with Crippen molar-refractivity contribution in [2.75, 3.05) is 53.4 Å². The van der Waals surface area contributed by atoms with E-state index < -0.39 is 0 Å². The third-order valence-electron chi connectivity index (χ3n) is 11.7. The van der Waals surface area contributed by atoms with Gasteiger partial charge in [-0.25, -0.2) is 0 Å². The second-order valence-corrected chi connectivity index (χ2v) is 16.0. The molecule has 2 fully saturated rings. The van der Waals surface area contributed by atoms with Gasteiger partial charge >= 0.3 is 0 Å². The average Bonchev–Trinajstić information content (AvgIpc) is 3.22. The summed E-state index contributed by atoms with van der Waals surface area (Å²) in [5, 5.41) is 10.6. The summed E-state index contributed by atoms with van der Waals surface area (Å²) in [5.41, 5.74) is 13.0. The summed E-state index contributed by atoms with van der Waals surface area (Å²) in [4.78, 5) is 54.8. The molecule has 0 spiro atoms. The largest absolute Gasteiger partial charge is 0.355 e. The Hall–Kier alpha value is -5.14. The van der Waals surface area contributed by atoms with Gasteiger partial charge in [-0.15, -0.1) is 0 Å². The molecule has 2 saturated heterocycles. The Labute approximate surface area is 341 Å². The highest BCUT2D eigenvalue weighted by atomic mass is 16.2. The number of rotatable bonds is 11. The molecule has 0 atom stereocenters. The van der Waals surface area contributed by atoms with E-state index in [-0.39, 0.29) is 22.9 Å². The molecule has 58 heavy (non-hydrogen) atoms. The van der Waals surface area contributed by atoms with Crippen molar-refractivity contribution in [3.63, 3.8) is 0 Å². The van der Waals surface area contributed by atoms with Crippen LogP contribution in [-0.2, 0) is 19.6 Å². The number of carbonyl (C=O) groups excluding carboxylic acids is 2. The quantitative estimate of drug-likeness (QED) is 0.155. The number of benzene rings is 3. The molecule has 2 aliphatic heterocycles. The molecule has 7 rings (SSSR count). The number of fused-ring (bicyclic) bond motifs is 2. The molecule has 2 aliphatic rings. The highest BCUT2D eigenvalue weighted by Crippen LogP contribution is 2.21. The van der Waals surface area contributed by atoms with Gasteiger partial charge in [-0.05, 0) is 101 Å². The second kappa shape index (κ2) is 19.5. The number of nitrogens with two attached hydrogens (primary N) is 1. The number of nitrogens with zero attached hydrogens (tertiary/aromatic N) is 4. The van der Waals surface area contributed by atoms with Crippen LogP contribution in [0.1, 0.15) is 68.7 Å². The van der Waals surface area contributed by atoms with Crippen LogP contribution < -0.4 is 32.8 Å². The van der Waals surface area contributed by atoms with Gasteiger partial charge in [0.1, 0.15) is 0 Å². The molecular formula is C46H60N8O4. The summed E-state index contributed by atoms with van der Waals surface area (Å²) in [6.07, 6.45) is 4.22. The lowest BCUT2D eigenvalue weighted by Crippen LogP contribution is -2.43. The highest BCUT2D eigenvalue weighted by Gasteiger charge is 2.21. The van der Waals surface area contributed by atoms with E-state index in [4.69, 9.17) is 5.73 Å². The minimum absolute atomic E-state index is 0.124. The monoisotopic (exact) mass is 788 g/mol. The molecule has 12 heteroatoms. The fourth-order valence-electron chi connectivity index (χ4n) is 8.19. The van der Waals surface area contributed by atoms with Crippen LogP contribution in [0.3, 0.4) is 0 Å². The van der Waals surface area contributed by atoms with Crippen molar-refractivity contribution in [1.29, 1.82) is 0 Å². The maximum atomic E-state index is 12.9. The van der Waals surface area contributed by atoms with Gasteiger partial charge in [-0.2, -0.15) is 0 Å². The van der Waals surface area contributed by atoms with Crippen molar-refractivity contribution >= 4 is 33.6 Å². The van der Waals surface area contributed by atoms with E-state index in [1.165, 1.54) is 23.3 Å². The summed E-state index contributed by atoms with van der Waals surface area (Å²) in [6.45, 7) is 13.9. The zero-order chi connectivity index (χ0) is 41.3. The third kappa shape index (κ3) is 10.5. The molecule has 3 aromatic carbocycles. The van der Waals surface area contributed by atoms with Crippen molar-refractivity contribution in [3.8, 4) is 0 Å². The molecule has 308 valence electrons. The number of hydrogen-bond acceptors (Lipinski definition) is 8. The smallest absolute Gasteiger partial charge is 0.251 e. The Morgan fingerprint density at radius 1 is 0.621 bits per heavy atom. The first kappa shape index (κ1) is 42.5. The average molecular weight is 789 g/mol. The van der Waals surface area contributed by atoms with Crippen molar-refractivity contribution in [1.82, 2.24) is 34.9 Å². The molecule has 0 unspecified atom stereocenters. The SMILES string of the molecule is CNC(=O)c1cc(=O)n(CCN2CCC(N)CC2)c2cc(C)ccc12.CNC(=O)c1cc(=O)n(CCN2CCC(NCc3cccc(C)c3)CC2)c2cc(C)ccc12. The Morgan fingerprint density at radius 2 is 1.09 bits per heavy atom. The second-order valence-electron chi connectivity index (χ2n) is 16.0. The topological polar surface area (TPSA) is 147 Å². The summed E-state index contributed by atoms with van der Waals surface area (Å²) >= 11 is 0. The molecule has 5 N–H and O–H groups in total. The lowest BCUT2D eigenvalue weighted by Gasteiger charge is -2.32. The van der Waals surface area contributed by atoms with Crippen LogP contribution in [-0.4, -0.2) is 96.2 Å². The summed E-state index contributed by atoms with van der Waals surface area (Å²) in [5.74, 6) is -0.462. The summed E-state index contributed by atoms with van der Waals surface area (Å²) in [7, 11) is 3.17. The highest BCUT2D eigenvalue weighted by molar-refractivity contribution is 6.07. The molecule has 0 bridgehead atoms. The predicted molar refractivity (Wildman–Crippen MR) is 234 cm³/mol. The van der Waals surface area contributed by atoms with E-state index >= 15 is 0 Å². The molecule has 2 aromatic heterocycles. The Balaban J connectivity index is 0.000000203. The molecule has 0 aliphatic carbocycles. The third-order valence-corrected chi connectivity index (χ3v) is 11.7. The van der Waals surface area contributed by atoms with E-state index in [1.54, 1.807) is 18.7 Å². The summed E-state index contributed by atoms with van der Waals surface area (Å²) < 4.78 is 3.60. The van der Waals surface area contributed by atoms with Crippen molar-refractivity contribution < 1.29 is 9.59 Å². The van der Waals surface area contributed by atoms with Gasteiger partial charge in [0, 0.05) is 81.8 Å². The molecule has 5 aromatic rings. The molecular weight excluding hydrogens is 729 g/mol. The zero-order valence-electron chi connectivity index (χ0n) is 34.8. The fourth-order valence-corrected chi connectivity index (χ4v) is 8.19. The zero-order valence-corrected chi connectivity index (χ0v) is 34.8. The molecule has 2 amide bonds. The Kier molecular flexibility index (Phi) is 14.3.